The molecule has 0 radical (unpaired) electrons. The zero-order chi connectivity index (χ0) is 10.4. The van der Waals surface area contributed by atoms with Crippen LogP contribution < -0.4 is 4.90 Å². The van der Waals surface area contributed by atoms with Crippen molar-refractivity contribution < 1.29 is 0 Å². The highest BCUT2D eigenvalue weighted by Gasteiger charge is 1.99. The summed E-state index contributed by atoms with van der Waals surface area (Å²) in [6.45, 7) is 1.08. The molecule has 0 bridgehead atoms. The lowest BCUT2D eigenvalue weighted by Crippen LogP contribution is -2.19. The summed E-state index contributed by atoms with van der Waals surface area (Å²) in [5.41, 5.74) is 2.43. The lowest BCUT2D eigenvalue weighted by molar-refractivity contribution is 0.977. The molecule has 0 unspecified atom stereocenters. The molecule has 0 saturated carbocycles. The van der Waals surface area contributed by atoms with Crippen LogP contribution in [0.1, 0.15) is 5.56 Å². The minimum absolute atomic E-state index is 0.592. The molecule has 0 saturated heterocycles. The predicted molar refractivity (Wildman–Crippen MR) is 67.7 cm³/mol. The van der Waals surface area contributed by atoms with Crippen LogP contribution in [0.15, 0.2) is 24.3 Å². The number of alkyl halides is 1. The molecule has 0 aromatic heterocycles. The van der Waals surface area contributed by atoms with Gasteiger partial charge in [-0.2, -0.15) is 11.8 Å². The number of nitrogens with zero attached hydrogens (tertiary/aromatic N) is 1. The minimum atomic E-state index is 0.592. The van der Waals surface area contributed by atoms with Crippen LogP contribution in [0.2, 0.25) is 0 Å². The van der Waals surface area contributed by atoms with Gasteiger partial charge < -0.3 is 4.90 Å². The zero-order valence-corrected chi connectivity index (χ0v) is 10.2. The van der Waals surface area contributed by atoms with Crippen molar-refractivity contribution in [2.75, 3.05) is 30.5 Å². The quantitative estimate of drug-likeness (QED) is 0.714. The maximum Gasteiger partial charge on any atom is 0.0474 e. The van der Waals surface area contributed by atoms with E-state index in [-0.39, 0.29) is 0 Å². The average molecular weight is 230 g/mol. The number of rotatable bonds is 5. The SMILES string of the molecule is CSCCN(C)c1ccc(CCl)cc1. The average Bonchev–Trinajstić information content (AvgIpc) is 2.26. The number of anilines is 1. The molecule has 0 amide bonds. The summed E-state index contributed by atoms with van der Waals surface area (Å²) in [5, 5.41) is 0. The molecule has 0 spiro atoms. The van der Waals surface area contributed by atoms with Gasteiger partial charge in [-0.15, -0.1) is 11.6 Å². The van der Waals surface area contributed by atoms with Crippen LogP contribution in [0.5, 0.6) is 0 Å². The Kier molecular flexibility index (Phi) is 5.20. The molecule has 0 aliphatic heterocycles. The lowest BCUT2D eigenvalue weighted by atomic mass is 10.2. The smallest absolute Gasteiger partial charge is 0.0474 e. The van der Waals surface area contributed by atoms with Gasteiger partial charge in [0.2, 0.25) is 0 Å². The molecule has 0 aliphatic rings. The van der Waals surface area contributed by atoms with Gasteiger partial charge in [0.25, 0.3) is 0 Å². The van der Waals surface area contributed by atoms with Crippen LogP contribution in [0.3, 0.4) is 0 Å². The number of halogens is 1. The molecule has 0 fully saturated rings. The Bertz CT molecular complexity index is 260. The molecule has 1 nitrogen and oxygen atoms in total. The second kappa shape index (κ2) is 6.20. The van der Waals surface area contributed by atoms with E-state index >= 15 is 0 Å². The monoisotopic (exact) mass is 229 g/mol. The summed E-state index contributed by atoms with van der Waals surface area (Å²) in [6, 6.07) is 8.41. The van der Waals surface area contributed by atoms with Crippen LogP contribution in [0, 0.1) is 0 Å². The van der Waals surface area contributed by atoms with E-state index in [0.29, 0.717) is 5.88 Å². The number of hydrogen-bond acceptors (Lipinski definition) is 2. The third-order valence-electron chi connectivity index (χ3n) is 2.16. The zero-order valence-electron chi connectivity index (χ0n) is 8.66. The summed E-state index contributed by atoms with van der Waals surface area (Å²) in [6.07, 6.45) is 2.13. The molecule has 78 valence electrons. The highest BCUT2D eigenvalue weighted by Crippen LogP contribution is 2.15. The molecule has 1 aromatic rings. The van der Waals surface area contributed by atoms with Crippen LogP contribution in [-0.2, 0) is 5.88 Å². The van der Waals surface area contributed by atoms with E-state index in [1.165, 1.54) is 11.3 Å². The maximum atomic E-state index is 5.73. The summed E-state index contributed by atoms with van der Waals surface area (Å²) >= 11 is 7.60. The van der Waals surface area contributed by atoms with Crippen molar-refractivity contribution >= 4 is 29.1 Å². The van der Waals surface area contributed by atoms with E-state index in [1.54, 1.807) is 0 Å². The van der Waals surface area contributed by atoms with E-state index in [1.807, 2.05) is 11.8 Å². The molecule has 0 N–H and O–H groups in total. The van der Waals surface area contributed by atoms with Gasteiger partial charge in [0.1, 0.15) is 0 Å². The van der Waals surface area contributed by atoms with Crippen LogP contribution in [-0.4, -0.2) is 25.6 Å². The van der Waals surface area contributed by atoms with E-state index in [4.69, 9.17) is 11.6 Å². The topological polar surface area (TPSA) is 3.24 Å². The number of thioether (sulfide) groups is 1. The van der Waals surface area contributed by atoms with Crippen molar-refractivity contribution in [2.45, 2.75) is 5.88 Å². The van der Waals surface area contributed by atoms with Crippen molar-refractivity contribution in [1.82, 2.24) is 0 Å². The Balaban J connectivity index is 2.57. The summed E-state index contributed by atoms with van der Waals surface area (Å²) in [7, 11) is 2.12. The Morgan fingerprint density at radius 2 is 1.93 bits per heavy atom. The van der Waals surface area contributed by atoms with Crippen LogP contribution in [0.4, 0.5) is 5.69 Å². The minimum Gasteiger partial charge on any atom is -0.374 e. The maximum absolute atomic E-state index is 5.73. The lowest BCUT2D eigenvalue weighted by Gasteiger charge is -2.18. The first-order valence-electron chi connectivity index (χ1n) is 4.63. The molecule has 0 atom stereocenters. The number of hydrogen-bond donors (Lipinski definition) is 0. The van der Waals surface area contributed by atoms with Gasteiger partial charge in [-0.1, -0.05) is 12.1 Å². The molecule has 14 heavy (non-hydrogen) atoms. The van der Waals surface area contributed by atoms with Gasteiger partial charge in [-0.05, 0) is 24.0 Å². The standard InChI is InChI=1S/C11H16ClNS/c1-13(7-8-14-2)11-5-3-10(9-12)4-6-11/h3-6H,7-9H2,1-2H3. The van der Waals surface area contributed by atoms with Gasteiger partial charge in [-0.25, -0.2) is 0 Å². The second-order valence-corrected chi connectivity index (χ2v) is 4.47. The normalized spacial score (nSPS) is 10.2. The van der Waals surface area contributed by atoms with Crippen molar-refractivity contribution in [2.24, 2.45) is 0 Å². The van der Waals surface area contributed by atoms with Gasteiger partial charge in [-0.3, -0.25) is 0 Å². The van der Waals surface area contributed by atoms with Crippen LogP contribution >= 0.6 is 23.4 Å². The molecule has 1 aromatic carbocycles. The summed E-state index contributed by atoms with van der Waals surface area (Å²) in [4.78, 5) is 2.26. The van der Waals surface area contributed by atoms with Crippen molar-refractivity contribution in [1.29, 1.82) is 0 Å². The first-order chi connectivity index (χ1) is 6.77. The highest BCUT2D eigenvalue weighted by atomic mass is 35.5. The third kappa shape index (κ3) is 3.43. The fraction of sp³-hybridized carbons (Fsp3) is 0.455. The van der Waals surface area contributed by atoms with E-state index < -0.39 is 0 Å². The van der Waals surface area contributed by atoms with Crippen molar-refractivity contribution in [3.63, 3.8) is 0 Å². The Morgan fingerprint density at radius 3 is 2.43 bits per heavy atom. The van der Waals surface area contributed by atoms with E-state index in [9.17, 15) is 0 Å². The van der Waals surface area contributed by atoms with Gasteiger partial charge >= 0.3 is 0 Å². The molecule has 3 heteroatoms. The highest BCUT2D eigenvalue weighted by molar-refractivity contribution is 7.98. The number of benzene rings is 1. The molecule has 0 aliphatic carbocycles. The first kappa shape index (κ1) is 11.7. The second-order valence-electron chi connectivity index (χ2n) is 3.21. The van der Waals surface area contributed by atoms with Crippen LogP contribution in [0.25, 0.3) is 0 Å². The molecular formula is C11H16ClNS. The summed E-state index contributed by atoms with van der Waals surface area (Å²) < 4.78 is 0. The largest absolute Gasteiger partial charge is 0.374 e. The van der Waals surface area contributed by atoms with Crippen molar-refractivity contribution in [3.8, 4) is 0 Å². The predicted octanol–water partition coefficient (Wildman–Crippen LogP) is 3.22. The molecular weight excluding hydrogens is 214 g/mol. The van der Waals surface area contributed by atoms with Gasteiger partial charge in [0.05, 0.1) is 0 Å². The fourth-order valence-electron chi connectivity index (χ4n) is 1.20. The Morgan fingerprint density at radius 1 is 1.29 bits per heavy atom. The van der Waals surface area contributed by atoms with Gasteiger partial charge in [0, 0.05) is 30.9 Å². The van der Waals surface area contributed by atoms with Crippen molar-refractivity contribution in [3.05, 3.63) is 29.8 Å². The molecule has 1 rings (SSSR count). The third-order valence-corrected chi connectivity index (χ3v) is 3.06. The first-order valence-corrected chi connectivity index (χ1v) is 6.55. The van der Waals surface area contributed by atoms with Gasteiger partial charge in [0.15, 0.2) is 0 Å². The Labute approximate surface area is 95.4 Å². The molecule has 0 heterocycles. The van der Waals surface area contributed by atoms with E-state index in [0.717, 1.165) is 12.3 Å². The van der Waals surface area contributed by atoms with E-state index in [2.05, 4.69) is 42.5 Å². The fourth-order valence-corrected chi connectivity index (χ4v) is 1.83. The summed E-state index contributed by atoms with van der Waals surface area (Å²) in [5.74, 6) is 1.75. The Hall–Kier alpha value is -0.340.